The largest absolute Gasteiger partial charge is 0.488 e. The van der Waals surface area contributed by atoms with Gasteiger partial charge in [-0.05, 0) is 38.6 Å². The van der Waals surface area contributed by atoms with E-state index in [9.17, 15) is 4.39 Å². The Balaban J connectivity index is 2.12. The minimum absolute atomic E-state index is 0.00992. The van der Waals surface area contributed by atoms with Crippen LogP contribution in [-0.4, -0.2) is 37.7 Å². The number of benzene rings is 1. The molecule has 1 fully saturated rings. The molecule has 1 saturated heterocycles. The number of ether oxygens (including phenoxy) is 1. The highest BCUT2D eigenvalue weighted by molar-refractivity contribution is 5.31. The van der Waals surface area contributed by atoms with Crippen LogP contribution in [0.15, 0.2) is 18.2 Å². The third-order valence-electron chi connectivity index (χ3n) is 3.10. The molecule has 1 N–H and O–H groups in total. The van der Waals surface area contributed by atoms with Gasteiger partial charge in [-0.1, -0.05) is 6.07 Å². The molecule has 2 rings (SSSR count). The van der Waals surface area contributed by atoms with Gasteiger partial charge in [0.1, 0.15) is 0 Å². The quantitative estimate of drug-likeness (QED) is 0.892. The Bertz CT molecular complexity index is 409. The van der Waals surface area contributed by atoms with Crippen LogP contribution < -0.4 is 10.1 Å². The van der Waals surface area contributed by atoms with Crippen molar-refractivity contribution < 1.29 is 9.13 Å². The minimum atomic E-state index is -0.281. The van der Waals surface area contributed by atoms with Crippen LogP contribution in [0.3, 0.4) is 0 Å². The Labute approximate surface area is 108 Å². The van der Waals surface area contributed by atoms with Crippen LogP contribution in [-0.2, 0) is 0 Å². The Morgan fingerprint density at radius 2 is 2.22 bits per heavy atom. The summed E-state index contributed by atoms with van der Waals surface area (Å²) in [5, 5.41) is 3.40. The first-order chi connectivity index (χ1) is 8.56. The summed E-state index contributed by atoms with van der Waals surface area (Å²) in [7, 11) is 2.08. The van der Waals surface area contributed by atoms with E-state index in [1.807, 2.05) is 19.9 Å². The molecule has 1 heterocycles. The Morgan fingerprint density at radius 3 is 2.83 bits per heavy atom. The van der Waals surface area contributed by atoms with Crippen LogP contribution in [0.2, 0.25) is 0 Å². The van der Waals surface area contributed by atoms with Crippen LogP contribution >= 0.6 is 0 Å². The third kappa shape index (κ3) is 3.21. The molecule has 4 heteroatoms. The summed E-state index contributed by atoms with van der Waals surface area (Å²) in [6, 6.07) is 5.44. The van der Waals surface area contributed by atoms with Gasteiger partial charge in [-0.25, -0.2) is 4.39 Å². The fourth-order valence-corrected chi connectivity index (χ4v) is 2.20. The monoisotopic (exact) mass is 252 g/mol. The summed E-state index contributed by atoms with van der Waals surface area (Å²) in [6.45, 7) is 6.67. The lowest BCUT2D eigenvalue weighted by Crippen LogP contribution is -2.43. The zero-order valence-electron chi connectivity index (χ0n) is 11.2. The summed E-state index contributed by atoms with van der Waals surface area (Å²) in [5.74, 6) is 0.0501. The number of hydrogen-bond donors (Lipinski definition) is 1. The zero-order chi connectivity index (χ0) is 13.1. The SMILES string of the molecule is CC(C)Oc1ccc(C2CN(C)CCN2)cc1F. The summed E-state index contributed by atoms with van der Waals surface area (Å²) in [4.78, 5) is 2.25. The van der Waals surface area contributed by atoms with Gasteiger partial charge in [0.05, 0.1) is 6.10 Å². The summed E-state index contributed by atoms with van der Waals surface area (Å²) in [6.07, 6.45) is -0.00992. The van der Waals surface area contributed by atoms with E-state index in [1.165, 1.54) is 0 Å². The third-order valence-corrected chi connectivity index (χ3v) is 3.10. The molecule has 0 spiro atoms. The molecule has 0 amide bonds. The van der Waals surface area contributed by atoms with Crippen LogP contribution in [0.5, 0.6) is 5.75 Å². The lowest BCUT2D eigenvalue weighted by atomic mass is 10.0. The molecule has 1 atom stereocenters. The standard InChI is InChI=1S/C14H21FN2O/c1-10(2)18-14-5-4-11(8-12(14)15)13-9-17(3)7-6-16-13/h4-5,8,10,13,16H,6-7,9H2,1-3H3. The fourth-order valence-electron chi connectivity index (χ4n) is 2.20. The molecule has 0 bridgehead atoms. The van der Waals surface area contributed by atoms with Gasteiger partial charge >= 0.3 is 0 Å². The summed E-state index contributed by atoms with van der Waals surface area (Å²) < 4.78 is 19.3. The van der Waals surface area contributed by atoms with Gasteiger partial charge in [0.2, 0.25) is 0 Å². The lowest BCUT2D eigenvalue weighted by molar-refractivity contribution is 0.229. The van der Waals surface area contributed by atoms with Crippen molar-refractivity contribution in [2.75, 3.05) is 26.7 Å². The Hall–Kier alpha value is -1.13. The van der Waals surface area contributed by atoms with Gasteiger partial charge in [0.15, 0.2) is 11.6 Å². The van der Waals surface area contributed by atoms with E-state index in [0.717, 1.165) is 25.2 Å². The van der Waals surface area contributed by atoms with Gasteiger partial charge in [-0.2, -0.15) is 0 Å². The van der Waals surface area contributed by atoms with Crippen LogP contribution in [0, 0.1) is 5.82 Å². The predicted molar refractivity (Wildman–Crippen MR) is 70.4 cm³/mol. The molecule has 1 aliphatic rings. The van der Waals surface area contributed by atoms with Crippen molar-refractivity contribution in [3.05, 3.63) is 29.6 Å². The summed E-state index contributed by atoms with van der Waals surface area (Å²) in [5.41, 5.74) is 0.982. The molecule has 1 aromatic rings. The van der Waals surface area contributed by atoms with Crippen molar-refractivity contribution in [1.29, 1.82) is 0 Å². The number of nitrogens with zero attached hydrogens (tertiary/aromatic N) is 1. The first-order valence-corrected chi connectivity index (χ1v) is 6.44. The van der Waals surface area contributed by atoms with Crippen LogP contribution in [0.4, 0.5) is 4.39 Å². The maximum atomic E-state index is 13.9. The van der Waals surface area contributed by atoms with Crippen molar-refractivity contribution in [2.24, 2.45) is 0 Å². The molecule has 0 aromatic heterocycles. The predicted octanol–water partition coefficient (Wildman–Crippen LogP) is 2.19. The van der Waals surface area contributed by atoms with Crippen molar-refractivity contribution in [3.8, 4) is 5.75 Å². The molecule has 1 unspecified atom stereocenters. The van der Waals surface area contributed by atoms with E-state index >= 15 is 0 Å². The van der Waals surface area contributed by atoms with Gasteiger partial charge < -0.3 is 15.0 Å². The first-order valence-electron chi connectivity index (χ1n) is 6.44. The van der Waals surface area contributed by atoms with E-state index in [0.29, 0.717) is 5.75 Å². The smallest absolute Gasteiger partial charge is 0.165 e. The normalized spacial score (nSPS) is 21.3. The van der Waals surface area contributed by atoms with Gasteiger partial charge in [0.25, 0.3) is 0 Å². The van der Waals surface area contributed by atoms with Crippen molar-refractivity contribution in [1.82, 2.24) is 10.2 Å². The topological polar surface area (TPSA) is 24.5 Å². The molecule has 1 aromatic carbocycles. The summed E-state index contributed by atoms with van der Waals surface area (Å²) >= 11 is 0. The number of piperazine rings is 1. The maximum Gasteiger partial charge on any atom is 0.165 e. The molecule has 0 saturated carbocycles. The van der Waals surface area contributed by atoms with Crippen molar-refractivity contribution in [2.45, 2.75) is 26.0 Å². The van der Waals surface area contributed by atoms with Crippen LogP contribution in [0.25, 0.3) is 0 Å². The lowest BCUT2D eigenvalue weighted by Gasteiger charge is -2.31. The van der Waals surface area contributed by atoms with Gasteiger partial charge in [-0.15, -0.1) is 0 Å². The second kappa shape index (κ2) is 5.67. The number of rotatable bonds is 3. The van der Waals surface area contributed by atoms with E-state index in [2.05, 4.69) is 17.3 Å². The molecule has 100 valence electrons. The highest BCUT2D eigenvalue weighted by atomic mass is 19.1. The molecule has 0 aliphatic carbocycles. The molecule has 1 aliphatic heterocycles. The van der Waals surface area contributed by atoms with E-state index in [-0.39, 0.29) is 18.0 Å². The average molecular weight is 252 g/mol. The number of hydrogen-bond acceptors (Lipinski definition) is 3. The number of halogens is 1. The minimum Gasteiger partial charge on any atom is -0.488 e. The average Bonchev–Trinajstić information content (AvgIpc) is 2.31. The molecule has 18 heavy (non-hydrogen) atoms. The highest BCUT2D eigenvalue weighted by Crippen LogP contribution is 2.24. The van der Waals surface area contributed by atoms with Crippen LogP contribution in [0.1, 0.15) is 25.5 Å². The maximum absolute atomic E-state index is 13.9. The van der Waals surface area contributed by atoms with E-state index in [1.54, 1.807) is 12.1 Å². The zero-order valence-corrected chi connectivity index (χ0v) is 11.2. The molecular weight excluding hydrogens is 231 g/mol. The van der Waals surface area contributed by atoms with Crippen molar-refractivity contribution in [3.63, 3.8) is 0 Å². The first kappa shape index (κ1) is 13.3. The second-order valence-corrected chi connectivity index (χ2v) is 5.13. The molecule has 0 radical (unpaired) electrons. The van der Waals surface area contributed by atoms with Gasteiger partial charge in [-0.3, -0.25) is 0 Å². The Kier molecular flexibility index (Phi) is 4.19. The highest BCUT2D eigenvalue weighted by Gasteiger charge is 2.19. The number of likely N-dealkylation sites (N-methyl/N-ethyl adjacent to an activating group) is 1. The van der Waals surface area contributed by atoms with Crippen molar-refractivity contribution >= 4 is 0 Å². The van der Waals surface area contributed by atoms with Gasteiger partial charge in [0, 0.05) is 25.7 Å². The Morgan fingerprint density at radius 1 is 1.44 bits per heavy atom. The number of nitrogens with one attached hydrogen (secondary N) is 1. The molecular formula is C14H21FN2O. The van der Waals surface area contributed by atoms with E-state index in [4.69, 9.17) is 4.74 Å². The second-order valence-electron chi connectivity index (χ2n) is 5.13. The molecule has 3 nitrogen and oxygen atoms in total. The fraction of sp³-hybridized carbons (Fsp3) is 0.571. The van der Waals surface area contributed by atoms with E-state index < -0.39 is 0 Å².